The molecule has 0 saturated carbocycles. The second-order valence-corrected chi connectivity index (χ2v) is 4.71. The monoisotopic (exact) mass is 307 g/mol. The van der Waals surface area contributed by atoms with Crippen molar-refractivity contribution in [3.8, 4) is 0 Å². The molecule has 0 fully saturated rings. The molecule has 0 aliphatic heterocycles. The second-order valence-electron chi connectivity index (χ2n) is 3.16. The molecule has 0 bridgehead atoms. The molecule has 0 radical (unpaired) electrons. The topological polar surface area (TPSA) is 55.3 Å². The van der Waals surface area contributed by atoms with E-state index in [4.69, 9.17) is 4.74 Å². The standard InChI is InChI=1S/C9H14BrN3O2S/c1-7-8(16-12-11-7)9(14)13(4-3-10)5-6-15-2/h3-6H2,1-2H3. The van der Waals surface area contributed by atoms with Gasteiger partial charge in [0.1, 0.15) is 4.88 Å². The van der Waals surface area contributed by atoms with Gasteiger partial charge in [0, 0.05) is 25.5 Å². The first-order chi connectivity index (χ1) is 7.70. The summed E-state index contributed by atoms with van der Waals surface area (Å²) in [6.07, 6.45) is 0. The van der Waals surface area contributed by atoms with Crippen molar-refractivity contribution in [2.24, 2.45) is 0 Å². The summed E-state index contributed by atoms with van der Waals surface area (Å²) >= 11 is 4.47. The molecule has 1 amide bonds. The fourth-order valence-corrected chi connectivity index (χ4v) is 2.24. The van der Waals surface area contributed by atoms with Crippen molar-refractivity contribution in [3.05, 3.63) is 10.6 Å². The Bertz CT molecular complexity index is 345. The molecule has 1 aromatic rings. The van der Waals surface area contributed by atoms with Crippen LogP contribution >= 0.6 is 27.5 Å². The zero-order chi connectivity index (χ0) is 12.0. The van der Waals surface area contributed by atoms with Crippen molar-refractivity contribution in [2.75, 3.05) is 32.1 Å². The van der Waals surface area contributed by atoms with Gasteiger partial charge in [-0.25, -0.2) is 0 Å². The number of rotatable bonds is 6. The van der Waals surface area contributed by atoms with E-state index >= 15 is 0 Å². The van der Waals surface area contributed by atoms with Crippen LogP contribution in [-0.4, -0.2) is 52.5 Å². The average molecular weight is 308 g/mol. The molecule has 0 saturated heterocycles. The van der Waals surface area contributed by atoms with Crippen LogP contribution in [0.3, 0.4) is 0 Å². The lowest BCUT2D eigenvalue weighted by atomic mass is 10.3. The molecule has 0 spiro atoms. The van der Waals surface area contributed by atoms with Gasteiger partial charge in [0.2, 0.25) is 0 Å². The summed E-state index contributed by atoms with van der Waals surface area (Å²) in [5.41, 5.74) is 0.687. The van der Waals surface area contributed by atoms with Crippen LogP contribution in [0.2, 0.25) is 0 Å². The molecule has 0 N–H and O–H groups in total. The number of carbonyl (C=O) groups is 1. The van der Waals surface area contributed by atoms with Crippen LogP contribution in [0, 0.1) is 6.92 Å². The number of aryl methyl sites for hydroxylation is 1. The van der Waals surface area contributed by atoms with Crippen molar-refractivity contribution in [1.29, 1.82) is 0 Å². The van der Waals surface area contributed by atoms with Crippen LogP contribution in [0.15, 0.2) is 0 Å². The van der Waals surface area contributed by atoms with E-state index in [-0.39, 0.29) is 5.91 Å². The molecule has 1 heterocycles. The molecule has 90 valence electrons. The number of methoxy groups -OCH3 is 1. The molecule has 16 heavy (non-hydrogen) atoms. The zero-order valence-electron chi connectivity index (χ0n) is 9.27. The number of hydrogen-bond donors (Lipinski definition) is 0. The highest BCUT2D eigenvalue weighted by Gasteiger charge is 2.19. The molecular weight excluding hydrogens is 294 g/mol. The van der Waals surface area contributed by atoms with Crippen LogP contribution in [0.4, 0.5) is 0 Å². The van der Waals surface area contributed by atoms with Crippen molar-refractivity contribution in [1.82, 2.24) is 14.5 Å². The molecule has 1 rings (SSSR count). The largest absolute Gasteiger partial charge is 0.383 e. The van der Waals surface area contributed by atoms with E-state index in [1.165, 1.54) is 0 Å². The van der Waals surface area contributed by atoms with Crippen LogP contribution in [0.25, 0.3) is 0 Å². The molecule has 7 heteroatoms. The number of aromatic nitrogens is 2. The number of nitrogens with zero attached hydrogens (tertiary/aromatic N) is 3. The van der Waals surface area contributed by atoms with Gasteiger partial charge in [-0.1, -0.05) is 20.4 Å². The summed E-state index contributed by atoms with van der Waals surface area (Å²) in [5, 5.41) is 4.58. The molecule has 0 atom stereocenters. The Kier molecular flexibility index (Phi) is 5.86. The fraction of sp³-hybridized carbons (Fsp3) is 0.667. The van der Waals surface area contributed by atoms with Gasteiger partial charge in [-0.15, -0.1) is 5.10 Å². The van der Waals surface area contributed by atoms with Crippen LogP contribution in [0.5, 0.6) is 0 Å². The van der Waals surface area contributed by atoms with Gasteiger partial charge in [-0.3, -0.25) is 4.79 Å². The summed E-state index contributed by atoms with van der Waals surface area (Å²) < 4.78 is 8.75. The minimum atomic E-state index is -0.0241. The van der Waals surface area contributed by atoms with Crippen molar-refractivity contribution in [3.63, 3.8) is 0 Å². The predicted molar refractivity (Wildman–Crippen MR) is 66.2 cm³/mol. The Balaban J connectivity index is 2.70. The number of carbonyl (C=O) groups excluding carboxylic acids is 1. The first-order valence-electron chi connectivity index (χ1n) is 4.83. The van der Waals surface area contributed by atoms with Crippen molar-refractivity contribution < 1.29 is 9.53 Å². The van der Waals surface area contributed by atoms with E-state index in [0.717, 1.165) is 16.9 Å². The van der Waals surface area contributed by atoms with Gasteiger partial charge >= 0.3 is 0 Å². The van der Waals surface area contributed by atoms with Gasteiger partial charge in [0.05, 0.1) is 12.3 Å². The number of hydrogen-bond acceptors (Lipinski definition) is 5. The normalized spacial score (nSPS) is 10.4. The van der Waals surface area contributed by atoms with E-state index in [1.807, 2.05) is 0 Å². The lowest BCUT2D eigenvalue weighted by Crippen LogP contribution is -2.35. The van der Waals surface area contributed by atoms with Gasteiger partial charge in [-0.05, 0) is 18.5 Å². The summed E-state index contributed by atoms with van der Waals surface area (Å²) in [5.74, 6) is -0.0241. The van der Waals surface area contributed by atoms with E-state index in [1.54, 1.807) is 18.9 Å². The summed E-state index contributed by atoms with van der Waals surface area (Å²) in [6, 6.07) is 0. The fourth-order valence-electron chi connectivity index (χ4n) is 1.19. The maximum Gasteiger partial charge on any atom is 0.267 e. The Morgan fingerprint density at radius 2 is 2.31 bits per heavy atom. The number of amides is 1. The second kappa shape index (κ2) is 6.93. The van der Waals surface area contributed by atoms with E-state index in [0.29, 0.717) is 30.3 Å². The molecule has 5 nitrogen and oxygen atoms in total. The smallest absolute Gasteiger partial charge is 0.267 e. The molecular formula is C9H14BrN3O2S. The highest BCUT2D eigenvalue weighted by atomic mass is 79.9. The van der Waals surface area contributed by atoms with Crippen LogP contribution < -0.4 is 0 Å². The third kappa shape index (κ3) is 3.50. The number of ether oxygens (including phenoxy) is 1. The minimum absolute atomic E-state index is 0.0241. The first-order valence-corrected chi connectivity index (χ1v) is 6.73. The Hall–Kier alpha value is -0.530. The average Bonchev–Trinajstić information content (AvgIpc) is 2.69. The molecule has 0 unspecified atom stereocenters. The van der Waals surface area contributed by atoms with E-state index < -0.39 is 0 Å². The highest BCUT2D eigenvalue weighted by molar-refractivity contribution is 9.09. The maximum absolute atomic E-state index is 12.1. The van der Waals surface area contributed by atoms with Crippen LogP contribution in [-0.2, 0) is 4.74 Å². The molecule has 0 aromatic carbocycles. The predicted octanol–water partition coefficient (Wildman–Crippen LogP) is 1.33. The lowest BCUT2D eigenvalue weighted by molar-refractivity contribution is 0.0712. The SMILES string of the molecule is COCCN(CCBr)C(=O)c1snnc1C. The first kappa shape index (κ1) is 13.5. The van der Waals surface area contributed by atoms with E-state index in [2.05, 4.69) is 25.5 Å². The minimum Gasteiger partial charge on any atom is -0.383 e. The molecule has 0 aliphatic carbocycles. The van der Waals surface area contributed by atoms with E-state index in [9.17, 15) is 4.79 Å². The summed E-state index contributed by atoms with van der Waals surface area (Å²) in [4.78, 5) is 14.4. The quantitative estimate of drug-likeness (QED) is 0.744. The Morgan fingerprint density at radius 3 is 2.81 bits per heavy atom. The maximum atomic E-state index is 12.1. The van der Waals surface area contributed by atoms with Crippen LogP contribution in [0.1, 0.15) is 15.4 Å². The number of alkyl halides is 1. The highest BCUT2D eigenvalue weighted by Crippen LogP contribution is 2.12. The van der Waals surface area contributed by atoms with Gasteiger partial charge in [0.25, 0.3) is 5.91 Å². The van der Waals surface area contributed by atoms with Gasteiger partial charge in [0.15, 0.2) is 0 Å². The zero-order valence-corrected chi connectivity index (χ0v) is 11.7. The summed E-state index contributed by atoms with van der Waals surface area (Å²) in [7, 11) is 1.62. The molecule has 0 aliphatic rings. The Labute approximate surface area is 107 Å². The van der Waals surface area contributed by atoms with Gasteiger partial charge < -0.3 is 9.64 Å². The Morgan fingerprint density at radius 1 is 1.56 bits per heavy atom. The molecule has 1 aromatic heterocycles. The lowest BCUT2D eigenvalue weighted by Gasteiger charge is -2.20. The summed E-state index contributed by atoms with van der Waals surface area (Å²) in [6.45, 7) is 3.56. The van der Waals surface area contributed by atoms with Crippen molar-refractivity contribution in [2.45, 2.75) is 6.92 Å². The number of halogens is 1. The van der Waals surface area contributed by atoms with Crippen molar-refractivity contribution >= 4 is 33.4 Å². The third-order valence-electron chi connectivity index (χ3n) is 2.05. The third-order valence-corrected chi connectivity index (χ3v) is 3.22. The van der Waals surface area contributed by atoms with Gasteiger partial charge in [-0.2, -0.15) is 0 Å².